The van der Waals surface area contributed by atoms with Crippen LogP contribution in [0.2, 0.25) is 0 Å². The average molecular weight is 493 g/mol. The van der Waals surface area contributed by atoms with Gasteiger partial charge in [0.1, 0.15) is 11.5 Å². The maximum absolute atomic E-state index is 11.4. The molecule has 0 saturated heterocycles. The first-order chi connectivity index (χ1) is 17.4. The van der Waals surface area contributed by atoms with Crippen LogP contribution in [0.3, 0.4) is 0 Å². The SMILES string of the molecule is C=C(C)C(=O)ON=CCc1ccccc1OCCCCCOc1ccccc1C=NOC(=O)C(=C)C. The van der Waals surface area contributed by atoms with Crippen LogP contribution in [0.25, 0.3) is 0 Å². The van der Waals surface area contributed by atoms with E-state index in [4.69, 9.17) is 19.1 Å². The summed E-state index contributed by atoms with van der Waals surface area (Å²) in [5.41, 5.74) is 2.23. The average Bonchev–Trinajstić information content (AvgIpc) is 2.87. The maximum Gasteiger partial charge on any atom is 0.360 e. The molecule has 0 fully saturated rings. The first kappa shape index (κ1) is 28.0. The largest absolute Gasteiger partial charge is 0.493 e. The zero-order valence-electron chi connectivity index (χ0n) is 20.8. The van der Waals surface area contributed by atoms with Gasteiger partial charge in [-0.3, -0.25) is 0 Å². The molecule has 2 aromatic rings. The molecule has 0 heterocycles. The second-order valence-electron chi connectivity index (χ2n) is 7.95. The monoisotopic (exact) mass is 492 g/mol. The second-order valence-corrected chi connectivity index (χ2v) is 7.95. The highest BCUT2D eigenvalue weighted by molar-refractivity contribution is 5.88. The lowest BCUT2D eigenvalue weighted by Gasteiger charge is -2.11. The Morgan fingerprint density at radius 2 is 1.33 bits per heavy atom. The number of unbranched alkanes of at least 4 members (excludes halogenated alkanes) is 2. The van der Waals surface area contributed by atoms with Gasteiger partial charge in [-0.05, 0) is 56.9 Å². The minimum absolute atomic E-state index is 0.277. The van der Waals surface area contributed by atoms with Gasteiger partial charge in [0, 0.05) is 29.3 Å². The predicted molar refractivity (Wildman–Crippen MR) is 139 cm³/mol. The molecule has 0 amide bonds. The molecule has 36 heavy (non-hydrogen) atoms. The van der Waals surface area contributed by atoms with E-state index in [2.05, 4.69) is 23.5 Å². The molecule has 0 radical (unpaired) electrons. The van der Waals surface area contributed by atoms with Crippen molar-refractivity contribution in [1.29, 1.82) is 0 Å². The number of oxime groups is 2. The molecule has 0 saturated carbocycles. The van der Waals surface area contributed by atoms with Gasteiger partial charge in [0.15, 0.2) is 0 Å². The van der Waals surface area contributed by atoms with Gasteiger partial charge in [-0.2, -0.15) is 0 Å². The summed E-state index contributed by atoms with van der Waals surface area (Å²) in [4.78, 5) is 32.3. The van der Waals surface area contributed by atoms with Gasteiger partial charge in [0.05, 0.1) is 19.4 Å². The van der Waals surface area contributed by atoms with Crippen LogP contribution in [0.15, 0.2) is 83.1 Å². The van der Waals surface area contributed by atoms with Gasteiger partial charge in [-0.15, -0.1) is 0 Å². The van der Waals surface area contributed by atoms with Crippen molar-refractivity contribution in [2.24, 2.45) is 10.3 Å². The molecular formula is C28H32N2O6. The van der Waals surface area contributed by atoms with Crippen LogP contribution < -0.4 is 9.47 Å². The summed E-state index contributed by atoms with van der Waals surface area (Å²) in [5, 5.41) is 7.38. The first-order valence-electron chi connectivity index (χ1n) is 11.6. The molecule has 0 aliphatic heterocycles. The number of carbonyl (C=O) groups excluding carboxylic acids is 2. The molecule has 0 aliphatic carbocycles. The summed E-state index contributed by atoms with van der Waals surface area (Å²) in [6.45, 7) is 11.2. The van der Waals surface area contributed by atoms with Crippen LogP contribution >= 0.6 is 0 Å². The lowest BCUT2D eigenvalue weighted by Crippen LogP contribution is -2.04. The summed E-state index contributed by atoms with van der Waals surface area (Å²) in [6.07, 6.45) is 6.07. The van der Waals surface area contributed by atoms with Crippen LogP contribution in [-0.2, 0) is 25.7 Å². The highest BCUT2D eigenvalue weighted by Crippen LogP contribution is 2.19. The van der Waals surface area contributed by atoms with Crippen molar-refractivity contribution in [2.75, 3.05) is 13.2 Å². The van der Waals surface area contributed by atoms with E-state index < -0.39 is 11.9 Å². The van der Waals surface area contributed by atoms with Crippen molar-refractivity contribution >= 4 is 24.4 Å². The molecule has 8 nitrogen and oxygen atoms in total. The molecule has 0 N–H and O–H groups in total. The summed E-state index contributed by atoms with van der Waals surface area (Å²) in [7, 11) is 0. The van der Waals surface area contributed by atoms with Crippen LogP contribution in [0, 0.1) is 0 Å². The maximum atomic E-state index is 11.4. The van der Waals surface area contributed by atoms with Gasteiger partial charge in [-0.25, -0.2) is 9.59 Å². The van der Waals surface area contributed by atoms with Crippen LogP contribution in [0.4, 0.5) is 0 Å². The Balaban J connectivity index is 1.70. The van der Waals surface area contributed by atoms with E-state index in [0.717, 1.165) is 30.6 Å². The summed E-state index contributed by atoms with van der Waals surface area (Å²) in [5.74, 6) is 0.299. The van der Waals surface area contributed by atoms with E-state index in [9.17, 15) is 9.59 Å². The molecule has 0 bridgehead atoms. The Kier molecular flexibility index (Phi) is 12.2. The number of rotatable bonds is 15. The van der Waals surface area contributed by atoms with E-state index >= 15 is 0 Å². The number of hydrogen-bond acceptors (Lipinski definition) is 8. The third-order valence-corrected chi connectivity index (χ3v) is 4.74. The van der Waals surface area contributed by atoms with Crippen molar-refractivity contribution in [3.05, 3.63) is 84.0 Å². The highest BCUT2D eigenvalue weighted by atomic mass is 16.7. The molecule has 0 aromatic heterocycles. The fourth-order valence-electron chi connectivity index (χ4n) is 2.78. The fraction of sp³-hybridized carbons (Fsp3) is 0.286. The van der Waals surface area contributed by atoms with Crippen molar-refractivity contribution in [1.82, 2.24) is 0 Å². The smallest absolute Gasteiger partial charge is 0.360 e. The highest BCUT2D eigenvalue weighted by Gasteiger charge is 2.05. The number of hydrogen-bond donors (Lipinski definition) is 0. The molecule has 0 aliphatic rings. The Bertz CT molecular complexity index is 1110. The summed E-state index contributed by atoms with van der Waals surface area (Å²) in [6, 6.07) is 15.1. The number of ether oxygens (including phenoxy) is 2. The predicted octanol–water partition coefficient (Wildman–Crippen LogP) is 5.42. The van der Waals surface area contributed by atoms with Gasteiger partial charge in [0.25, 0.3) is 0 Å². The Morgan fingerprint density at radius 3 is 2.00 bits per heavy atom. The number of benzene rings is 2. The standard InChI is InChI=1S/C28H32N2O6/c1-21(2)27(31)35-29-17-16-23-12-6-8-14-25(23)33-18-10-5-11-19-34-26-15-9-7-13-24(26)20-30-36-28(32)22(3)4/h6-9,12-15,17,20H,1,3,5,10-11,16,18-19H2,2,4H3. The second kappa shape index (κ2) is 15.7. The Morgan fingerprint density at radius 1 is 0.778 bits per heavy atom. The normalized spacial score (nSPS) is 10.8. The van der Waals surface area contributed by atoms with E-state index in [1.54, 1.807) is 13.8 Å². The van der Waals surface area contributed by atoms with Gasteiger partial charge in [-0.1, -0.05) is 53.8 Å². The number of nitrogens with zero attached hydrogens (tertiary/aromatic N) is 2. The Labute approximate surface area is 211 Å². The van der Waals surface area contributed by atoms with E-state index in [1.165, 1.54) is 12.4 Å². The number of para-hydroxylation sites is 2. The van der Waals surface area contributed by atoms with E-state index in [-0.39, 0.29) is 5.57 Å². The Hall–Kier alpha value is -4.20. The topological polar surface area (TPSA) is 95.8 Å². The van der Waals surface area contributed by atoms with Gasteiger partial charge >= 0.3 is 11.9 Å². The molecule has 2 rings (SSSR count). The van der Waals surface area contributed by atoms with Gasteiger partial charge in [0.2, 0.25) is 0 Å². The zero-order chi connectivity index (χ0) is 26.2. The lowest BCUT2D eigenvalue weighted by molar-refractivity contribution is -0.139. The van der Waals surface area contributed by atoms with E-state index in [0.29, 0.717) is 36.5 Å². The number of carbonyl (C=O) groups is 2. The lowest BCUT2D eigenvalue weighted by atomic mass is 10.1. The minimum atomic E-state index is -0.577. The molecule has 190 valence electrons. The zero-order valence-corrected chi connectivity index (χ0v) is 20.8. The van der Waals surface area contributed by atoms with Crippen LogP contribution in [0.5, 0.6) is 11.5 Å². The molecule has 2 aromatic carbocycles. The van der Waals surface area contributed by atoms with E-state index in [1.807, 2.05) is 48.5 Å². The molecule has 0 spiro atoms. The van der Waals surface area contributed by atoms with Crippen LogP contribution in [-0.4, -0.2) is 37.6 Å². The van der Waals surface area contributed by atoms with Crippen molar-refractivity contribution in [2.45, 2.75) is 39.5 Å². The van der Waals surface area contributed by atoms with Crippen molar-refractivity contribution < 1.29 is 28.7 Å². The minimum Gasteiger partial charge on any atom is -0.493 e. The fourth-order valence-corrected chi connectivity index (χ4v) is 2.78. The molecular weight excluding hydrogens is 460 g/mol. The quantitative estimate of drug-likeness (QED) is 0.108. The molecule has 0 unspecified atom stereocenters. The van der Waals surface area contributed by atoms with Crippen LogP contribution in [0.1, 0.15) is 44.2 Å². The van der Waals surface area contributed by atoms with Crippen molar-refractivity contribution in [3.8, 4) is 11.5 Å². The first-order valence-corrected chi connectivity index (χ1v) is 11.6. The summed E-state index contributed by atoms with van der Waals surface area (Å²) < 4.78 is 11.8. The third-order valence-electron chi connectivity index (χ3n) is 4.74. The third kappa shape index (κ3) is 10.4. The molecule has 8 heteroatoms. The van der Waals surface area contributed by atoms with Crippen molar-refractivity contribution in [3.63, 3.8) is 0 Å². The summed E-state index contributed by atoms with van der Waals surface area (Å²) >= 11 is 0. The van der Waals surface area contributed by atoms with Gasteiger partial charge < -0.3 is 19.1 Å². The molecule has 0 atom stereocenters.